The SMILES string of the molecule is O=C(Cc1cn(-c2ccc(-c3noc(C(F)(F)F)n3)cc2)cn1)Nc1ccc(Cl)cc1. The van der Waals surface area contributed by atoms with Crippen molar-refractivity contribution in [3.8, 4) is 17.1 Å². The minimum atomic E-state index is -4.70. The van der Waals surface area contributed by atoms with Crippen LogP contribution < -0.4 is 5.32 Å². The van der Waals surface area contributed by atoms with Crippen molar-refractivity contribution in [3.05, 3.63) is 77.7 Å². The molecule has 158 valence electrons. The van der Waals surface area contributed by atoms with E-state index >= 15 is 0 Å². The molecule has 0 spiro atoms. The monoisotopic (exact) mass is 447 g/mol. The molecule has 0 atom stereocenters. The van der Waals surface area contributed by atoms with Gasteiger partial charge in [-0.25, -0.2) is 4.98 Å². The molecular formula is C20H13ClF3N5O2. The topological polar surface area (TPSA) is 85.8 Å². The summed E-state index contributed by atoms with van der Waals surface area (Å²) in [7, 11) is 0. The van der Waals surface area contributed by atoms with Gasteiger partial charge in [-0.15, -0.1) is 0 Å². The van der Waals surface area contributed by atoms with Crippen molar-refractivity contribution in [1.29, 1.82) is 0 Å². The average Bonchev–Trinajstić information content (AvgIpc) is 3.40. The summed E-state index contributed by atoms with van der Waals surface area (Å²) in [6.45, 7) is 0. The highest BCUT2D eigenvalue weighted by Crippen LogP contribution is 2.29. The molecule has 0 fully saturated rings. The van der Waals surface area contributed by atoms with Gasteiger partial charge in [0.2, 0.25) is 11.7 Å². The van der Waals surface area contributed by atoms with Gasteiger partial charge in [0.1, 0.15) is 0 Å². The third-order valence-corrected chi connectivity index (χ3v) is 4.45. The lowest BCUT2D eigenvalue weighted by molar-refractivity contribution is -0.159. The van der Waals surface area contributed by atoms with Crippen molar-refractivity contribution < 1.29 is 22.5 Å². The molecule has 0 aliphatic rings. The minimum Gasteiger partial charge on any atom is -0.329 e. The molecule has 7 nitrogen and oxygen atoms in total. The molecule has 4 rings (SSSR count). The van der Waals surface area contributed by atoms with Crippen LogP contribution >= 0.6 is 11.6 Å². The normalized spacial score (nSPS) is 11.5. The van der Waals surface area contributed by atoms with E-state index in [0.717, 1.165) is 0 Å². The number of nitrogens with one attached hydrogen (secondary N) is 1. The Morgan fingerprint density at radius 2 is 1.81 bits per heavy atom. The smallest absolute Gasteiger partial charge is 0.329 e. The van der Waals surface area contributed by atoms with Gasteiger partial charge in [0, 0.05) is 28.2 Å². The lowest BCUT2D eigenvalue weighted by atomic mass is 10.2. The number of anilines is 1. The molecule has 1 N–H and O–H groups in total. The van der Waals surface area contributed by atoms with E-state index in [1.165, 1.54) is 6.33 Å². The van der Waals surface area contributed by atoms with Crippen molar-refractivity contribution in [2.24, 2.45) is 0 Å². The molecule has 4 aromatic rings. The second kappa shape index (κ2) is 8.23. The van der Waals surface area contributed by atoms with Gasteiger partial charge in [-0.05, 0) is 48.5 Å². The zero-order valence-electron chi connectivity index (χ0n) is 15.6. The molecule has 11 heteroatoms. The lowest BCUT2D eigenvalue weighted by Crippen LogP contribution is -2.14. The van der Waals surface area contributed by atoms with Crippen LogP contribution in [0.2, 0.25) is 5.02 Å². The fourth-order valence-electron chi connectivity index (χ4n) is 2.74. The van der Waals surface area contributed by atoms with Crippen LogP contribution in [0.15, 0.2) is 65.6 Å². The summed E-state index contributed by atoms with van der Waals surface area (Å²) in [5.74, 6) is -1.80. The Bertz CT molecular complexity index is 1200. The van der Waals surface area contributed by atoms with Gasteiger partial charge in [0.05, 0.1) is 18.4 Å². The number of carbonyl (C=O) groups is 1. The third kappa shape index (κ3) is 4.92. The lowest BCUT2D eigenvalue weighted by Gasteiger charge is -2.04. The fraction of sp³-hybridized carbons (Fsp3) is 0.100. The second-order valence-electron chi connectivity index (χ2n) is 6.47. The summed E-state index contributed by atoms with van der Waals surface area (Å²) < 4.78 is 43.7. The maximum Gasteiger partial charge on any atom is 0.471 e. The first kappa shape index (κ1) is 20.6. The van der Waals surface area contributed by atoms with Crippen LogP contribution in [0.1, 0.15) is 11.6 Å². The standard InChI is InChI=1S/C20H13ClF3N5O2/c21-13-3-5-14(6-4-13)26-17(30)9-15-10-29(11-25-15)16-7-1-12(2-8-16)18-27-19(31-28-18)20(22,23)24/h1-8,10-11H,9H2,(H,26,30). The van der Waals surface area contributed by atoms with Gasteiger partial charge in [0.25, 0.3) is 0 Å². The molecule has 2 aromatic heterocycles. The van der Waals surface area contributed by atoms with Gasteiger partial charge < -0.3 is 14.4 Å². The Morgan fingerprint density at radius 3 is 2.45 bits per heavy atom. The zero-order chi connectivity index (χ0) is 22.0. The molecule has 0 bridgehead atoms. The number of amides is 1. The van der Waals surface area contributed by atoms with E-state index in [2.05, 4.69) is 25.0 Å². The Labute approximate surface area is 178 Å². The van der Waals surface area contributed by atoms with Crippen LogP contribution in [-0.2, 0) is 17.4 Å². The van der Waals surface area contributed by atoms with Crippen molar-refractivity contribution in [1.82, 2.24) is 19.7 Å². The first-order valence-corrected chi connectivity index (χ1v) is 9.26. The highest BCUT2D eigenvalue weighted by molar-refractivity contribution is 6.30. The highest BCUT2D eigenvalue weighted by Gasteiger charge is 2.38. The maximum atomic E-state index is 12.6. The van der Waals surface area contributed by atoms with Gasteiger partial charge >= 0.3 is 12.1 Å². The number of carbonyl (C=O) groups excluding carboxylic acids is 1. The Kier molecular flexibility index (Phi) is 5.47. The van der Waals surface area contributed by atoms with E-state index in [1.54, 1.807) is 59.3 Å². The molecule has 31 heavy (non-hydrogen) atoms. The summed E-state index contributed by atoms with van der Waals surface area (Å²) >= 11 is 5.82. The quantitative estimate of drug-likeness (QED) is 0.476. The highest BCUT2D eigenvalue weighted by atomic mass is 35.5. The van der Waals surface area contributed by atoms with Crippen LogP contribution in [0.4, 0.5) is 18.9 Å². The predicted molar refractivity (Wildman–Crippen MR) is 106 cm³/mol. The van der Waals surface area contributed by atoms with Gasteiger partial charge in [-0.2, -0.15) is 18.2 Å². The van der Waals surface area contributed by atoms with E-state index in [0.29, 0.717) is 27.7 Å². The number of hydrogen-bond donors (Lipinski definition) is 1. The number of hydrogen-bond acceptors (Lipinski definition) is 5. The number of nitrogens with zero attached hydrogens (tertiary/aromatic N) is 4. The van der Waals surface area contributed by atoms with E-state index < -0.39 is 12.1 Å². The number of benzene rings is 2. The summed E-state index contributed by atoms with van der Waals surface area (Å²) in [5.41, 5.74) is 2.23. The molecule has 0 saturated heterocycles. The Balaban J connectivity index is 1.42. The molecule has 0 aliphatic carbocycles. The number of alkyl halides is 3. The first-order valence-electron chi connectivity index (χ1n) is 8.88. The number of rotatable bonds is 5. The average molecular weight is 448 g/mol. The molecular weight excluding hydrogens is 435 g/mol. The first-order chi connectivity index (χ1) is 14.8. The third-order valence-electron chi connectivity index (χ3n) is 4.20. The van der Waals surface area contributed by atoms with Gasteiger partial charge in [0.15, 0.2) is 0 Å². The summed E-state index contributed by atoms with van der Waals surface area (Å²) in [6, 6.07) is 13.2. The summed E-state index contributed by atoms with van der Waals surface area (Å²) in [6.07, 6.45) is -1.41. The van der Waals surface area contributed by atoms with E-state index in [-0.39, 0.29) is 18.2 Å². The molecule has 1 amide bonds. The number of imidazole rings is 1. The van der Waals surface area contributed by atoms with Gasteiger partial charge in [-0.3, -0.25) is 4.79 Å². The molecule has 0 radical (unpaired) electrons. The minimum absolute atomic E-state index is 0.0663. The van der Waals surface area contributed by atoms with Crippen molar-refractivity contribution in [2.45, 2.75) is 12.6 Å². The van der Waals surface area contributed by atoms with Crippen molar-refractivity contribution in [2.75, 3.05) is 5.32 Å². The van der Waals surface area contributed by atoms with E-state index in [4.69, 9.17) is 11.6 Å². The van der Waals surface area contributed by atoms with E-state index in [9.17, 15) is 18.0 Å². The van der Waals surface area contributed by atoms with Crippen LogP contribution in [0, 0.1) is 0 Å². The van der Waals surface area contributed by atoms with Crippen LogP contribution in [0.3, 0.4) is 0 Å². The molecule has 0 aliphatic heterocycles. The molecule has 0 saturated carbocycles. The maximum absolute atomic E-state index is 12.6. The second-order valence-corrected chi connectivity index (χ2v) is 6.91. The van der Waals surface area contributed by atoms with Gasteiger partial charge in [-0.1, -0.05) is 16.8 Å². The predicted octanol–water partition coefficient (Wildman–Crippen LogP) is 4.78. The zero-order valence-corrected chi connectivity index (χ0v) is 16.4. The van der Waals surface area contributed by atoms with Crippen molar-refractivity contribution >= 4 is 23.2 Å². The summed E-state index contributed by atoms with van der Waals surface area (Å²) in [5, 5.41) is 6.68. The Morgan fingerprint density at radius 1 is 1.10 bits per heavy atom. The largest absolute Gasteiger partial charge is 0.471 e. The number of aromatic nitrogens is 4. The Hall–Kier alpha value is -3.66. The molecule has 2 heterocycles. The number of halogens is 4. The summed E-state index contributed by atoms with van der Waals surface area (Å²) in [4.78, 5) is 19.8. The van der Waals surface area contributed by atoms with Crippen LogP contribution in [-0.4, -0.2) is 25.6 Å². The fourth-order valence-corrected chi connectivity index (χ4v) is 2.86. The van der Waals surface area contributed by atoms with E-state index in [1.807, 2.05) is 0 Å². The van der Waals surface area contributed by atoms with Crippen LogP contribution in [0.5, 0.6) is 0 Å². The van der Waals surface area contributed by atoms with Crippen molar-refractivity contribution in [3.63, 3.8) is 0 Å². The molecule has 2 aromatic carbocycles. The molecule has 0 unspecified atom stereocenters. The van der Waals surface area contributed by atoms with Crippen LogP contribution in [0.25, 0.3) is 17.1 Å².